The largest absolute Gasteiger partial charge is 0.360 e. The molecule has 0 amide bonds. The highest BCUT2D eigenvalue weighted by atomic mass is 16.1. The smallest absolute Gasteiger partial charge is 0.181 e. The first-order valence-corrected chi connectivity index (χ1v) is 8.68. The number of aryl methyl sites for hydroxylation is 1. The van der Waals surface area contributed by atoms with Crippen molar-refractivity contribution in [1.29, 1.82) is 0 Å². The molecule has 1 heterocycles. The normalized spacial score (nSPS) is 18.3. The SMILES string of the molecule is C[C@@H](N[C@H]1CCCc2ccccc21)C(=O)c1c[nH]c2ccccc12. The van der Waals surface area contributed by atoms with Crippen molar-refractivity contribution in [3.8, 4) is 0 Å². The van der Waals surface area contributed by atoms with Gasteiger partial charge >= 0.3 is 0 Å². The van der Waals surface area contributed by atoms with Crippen LogP contribution in [0.4, 0.5) is 0 Å². The Morgan fingerprint density at radius 2 is 1.96 bits per heavy atom. The molecule has 1 aromatic heterocycles. The second kappa shape index (κ2) is 6.25. The lowest BCUT2D eigenvalue weighted by molar-refractivity contribution is 0.0944. The third kappa shape index (κ3) is 2.65. The van der Waals surface area contributed by atoms with Gasteiger partial charge in [-0.05, 0) is 43.4 Å². The summed E-state index contributed by atoms with van der Waals surface area (Å²) in [4.78, 5) is 16.1. The Kier molecular flexibility index (Phi) is 3.95. The number of aromatic nitrogens is 1. The van der Waals surface area contributed by atoms with Gasteiger partial charge < -0.3 is 10.3 Å². The molecule has 0 aliphatic heterocycles. The van der Waals surface area contributed by atoms with Gasteiger partial charge in [0, 0.05) is 28.7 Å². The molecule has 0 unspecified atom stereocenters. The van der Waals surface area contributed by atoms with E-state index in [0.29, 0.717) is 0 Å². The third-order valence-electron chi connectivity index (χ3n) is 5.07. The molecule has 3 heteroatoms. The maximum atomic E-state index is 12.9. The summed E-state index contributed by atoms with van der Waals surface area (Å²) >= 11 is 0. The molecule has 2 aromatic carbocycles. The van der Waals surface area contributed by atoms with E-state index in [2.05, 4.69) is 34.6 Å². The van der Waals surface area contributed by atoms with Crippen molar-refractivity contribution in [1.82, 2.24) is 10.3 Å². The minimum absolute atomic E-state index is 0.149. The van der Waals surface area contributed by atoms with E-state index in [1.54, 1.807) is 0 Å². The number of H-pyrrole nitrogens is 1. The van der Waals surface area contributed by atoms with Crippen LogP contribution in [0, 0.1) is 0 Å². The summed E-state index contributed by atoms with van der Waals surface area (Å²) < 4.78 is 0. The van der Waals surface area contributed by atoms with Gasteiger partial charge in [0.05, 0.1) is 6.04 Å². The fourth-order valence-corrected chi connectivity index (χ4v) is 3.81. The van der Waals surface area contributed by atoms with Crippen molar-refractivity contribution in [3.05, 3.63) is 71.4 Å². The fourth-order valence-electron chi connectivity index (χ4n) is 3.81. The molecular weight excluding hydrogens is 296 g/mol. The van der Waals surface area contributed by atoms with E-state index in [4.69, 9.17) is 0 Å². The Morgan fingerprint density at radius 1 is 1.17 bits per heavy atom. The van der Waals surface area contributed by atoms with E-state index in [0.717, 1.165) is 29.3 Å². The lowest BCUT2D eigenvalue weighted by Gasteiger charge is -2.28. The Balaban J connectivity index is 1.57. The summed E-state index contributed by atoms with van der Waals surface area (Å²) in [5, 5.41) is 4.56. The first-order chi connectivity index (χ1) is 11.7. The Morgan fingerprint density at radius 3 is 2.88 bits per heavy atom. The fraction of sp³-hybridized carbons (Fsp3) is 0.286. The number of para-hydroxylation sites is 1. The first-order valence-electron chi connectivity index (χ1n) is 8.68. The van der Waals surface area contributed by atoms with E-state index in [9.17, 15) is 4.79 Å². The highest BCUT2D eigenvalue weighted by Crippen LogP contribution is 2.30. The molecule has 2 N–H and O–H groups in total. The van der Waals surface area contributed by atoms with E-state index in [1.165, 1.54) is 17.5 Å². The van der Waals surface area contributed by atoms with E-state index < -0.39 is 0 Å². The number of carbonyl (C=O) groups excluding carboxylic acids is 1. The van der Waals surface area contributed by atoms with Crippen LogP contribution < -0.4 is 5.32 Å². The summed E-state index contributed by atoms with van der Waals surface area (Å²) in [5.74, 6) is 0.149. The molecule has 0 saturated carbocycles. The summed E-state index contributed by atoms with van der Waals surface area (Å²) in [6.07, 6.45) is 5.23. The number of nitrogens with one attached hydrogen (secondary N) is 2. The van der Waals surface area contributed by atoms with Gasteiger partial charge in [-0.3, -0.25) is 4.79 Å². The summed E-state index contributed by atoms with van der Waals surface area (Å²) in [6, 6.07) is 16.6. The Hall–Kier alpha value is -2.39. The highest BCUT2D eigenvalue weighted by molar-refractivity contribution is 6.10. The number of ketones is 1. The summed E-state index contributed by atoms with van der Waals surface area (Å²) in [6.45, 7) is 1.97. The molecule has 0 radical (unpaired) electrons. The predicted molar refractivity (Wildman–Crippen MR) is 97.3 cm³/mol. The lowest BCUT2D eigenvalue weighted by atomic mass is 9.87. The van der Waals surface area contributed by atoms with Crippen LogP contribution in [0.1, 0.15) is 47.3 Å². The van der Waals surface area contributed by atoms with Crippen LogP contribution in [0.3, 0.4) is 0 Å². The number of hydrogen-bond donors (Lipinski definition) is 2. The highest BCUT2D eigenvalue weighted by Gasteiger charge is 2.25. The topological polar surface area (TPSA) is 44.9 Å². The van der Waals surface area contributed by atoms with Gasteiger partial charge in [-0.1, -0.05) is 42.5 Å². The second-order valence-corrected chi connectivity index (χ2v) is 6.64. The zero-order valence-electron chi connectivity index (χ0n) is 13.9. The zero-order valence-corrected chi connectivity index (χ0v) is 13.9. The standard InChI is InChI=1S/C21H22N2O/c1-14(21(24)18-13-22-19-11-5-4-10-17(18)19)23-20-12-6-8-15-7-2-3-9-16(15)20/h2-5,7,9-11,13-14,20,22-23H,6,8,12H2,1H3/t14-,20+/m1/s1. The van der Waals surface area contributed by atoms with Crippen LogP contribution in [0.25, 0.3) is 10.9 Å². The zero-order chi connectivity index (χ0) is 16.5. The van der Waals surface area contributed by atoms with Gasteiger partial charge in [0.2, 0.25) is 0 Å². The number of hydrogen-bond acceptors (Lipinski definition) is 2. The first kappa shape index (κ1) is 15.2. The van der Waals surface area contributed by atoms with Crippen LogP contribution in [0.15, 0.2) is 54.7 Å². The molecule has 4 rings (SSSR count). The molecule has 24 heavy (non-hydrogen) atoms. The van der Waals surface area contributed by atoms with Crippen molar-refractivity contribution in [3.63, 3.8) is 0 Å². The van der Waals surface area contributed by atoms with Crippen LogP contribution in [0.5, 0.6) is 0 Å². The Labute approximate surface area is 142 Å². The van der Waals surface area contributed by atoms with Gasteiger partial charge in [0.1, 0.15) is 0 Å². The summed E-state index contributed by atoms with van der Waals surface area (Å²) in [7, 11) is 0. The van der Waals surface area contributed by atoms with Gasteiger partial charge in [0.25, 0.3) is 0 Å². The van der Waals surface area contributed by atoms with E-state index in [1.807, 2.05) is 37.4 Å². The third-order valence-corrected chi connectivity index (χ3v) is 5.07. The van der Waals surface area contributed by atoms with Crippen LogP contribution in [-0.4, -0.2) is 16.8 Å². The minimum atomic E-state index is -0.208. The quantitative estimate of drug-likeness (QED) is 0.700. The number of benzene rings is 2. The molecule has 0 bridgehead atoms. The molecule has 0 spiro atoms. The number of rotatable bonds is 4. The minimum Gasteiger partial charge on any atom is -0.360 e. The summed E-state index contributed by atoms with van der Waals surface area (Å²) in [5.41, 5.74) is 4.54. The Bertz CT molecular complexity index is 880. The molecule has 3 aromatic rings. The number of aromatic amines is 1. The predicted octanol–water partition coefficient (Wildman–Crippen LogP) is 4.41. The van der Waals surface area contributed by atoms with Crippen molar-refractivity contribution in [2.45, 2.75) is 38.3 Å². The molecule has 122 valence electrons. The second-order valence-electron chi connectivity index (χ2n) is 6.64. The van der Waals surface area contributed by atoms with E-state index >= 15 is 0 Å². The molecule has 2 atom stereocenters. The van der Waals surface area contributed by atoms with Crippen molar-refractivity contribution >= 4 is 16.7 Å². The molecule has 3 nitrogen and oxygen atoms in total. The van der Waals surface area contributed by atoms with Crippen molar-refractivity contribution < 1.29 is 4.79 Å². The van der Waals surface area contributed by atoms with Gasteiger partial charge in [-0.25, -0.2) is 0 Å². The average Bonchev–Trinajstić information content (AvgIpc) is 3.05. The molecule has 0 saturated heterocycles. The molecule has 1 aliphatic carbocycles. The number of carbonyl (C=O) groups is 1. The van der Waals surface area contributed by atoms with Gasteiger partial charge in [-0.2, -0.15) is 0 Å². The van der Waals surface area contributed by atoms with Crippen molar-refractivity contribution in [2.24, 2.45) is 0 Å². The monoisotopic (exact) mass is 318 g/mol. The van der Waals surface area contributed by atoms with Crippen LogP contribution in [-0.2, 0) is 6.42 Å². The van der Waals surface area contributed by atoms with Gasteiger partial charge in [0.15, 0.2) is 5.78 Å². The maximum absolute atomic E-state index is 12.9. The number of fused-ring (bicyclic) bond motifs is 2. The average molecular weight is 318 g/mol. The van der Waals surface area contributed by atoms with E-state index in [-0.39, 0.29) is 17.9 Å². The lowest BCUT2D eigenvalue weighted by Crippen LogP contribution is -2.38. The van der Waals surface area contributed by atoms with Crippen LogP contribution >= 0.6 is 0 Å². The van der Waals surface area contributed by atoms with Crippen molar-refractivity contribution in [2.75, 3.05) is 0 Å². The molecule has 1 aliphatic rings. The van der Waals surface area contributed by atoms with Crippen LogP contribution in [0.2, 0.25) is 0 Å². The van der Waals surface area contributed by atoms with Gasteiger partial charge in [-0.15, -0.1) is 0 Å². The molecular formula is C21H22N2O. The maximum Gasteiger partial charge on any atom is 0.181 e. The molecule has 0 fully saturated rings. The number of Topliss-reactive ketones (excluding diaryl/α,β-unsaturated/α-hetero) is 1.